The van der Waals surface area contributed by atoms with Gasteiger partial charge in [0.2, 0.25) is 0 Å². The second-order valence-electron chi connectivity index (χ2n) is 4.94. The fourth-order valence-electron chi connectivity index (χ4n) is 2.05. The van der Waals surface area contributed by atoms with E-state index < -0.39 is 0 Å². The quantitative estimate of drug-likeness (QED) is 0.851. The van der Waals surface area contributed by atoms with Crippen LogP contribution < -0.4 is 5.32 Å². The maximum absolute atomic E-state index is 5.12. The Kier molecular flexibility index (Phi) is 4.36. The van der Waals surface area contributed by atoms with Crippen LogP contribution >= 0.6 is 0 Å². The fourth-order valence-corrected chi connectivity index (χ4v) is 2.05. The minimum atomic E-state index is 0.316. The number of hydrogen-bond donors (Lipinski definition) is 1. The van der Waals surface area contributed by atoms with Gasteiger partial charge in [-0.3, -0.25) is 0 Å². The molecule has 0 aromatic carbocycles. The first kappa shape index (κ1) is 12.4. The summed E-state index contributed by atoms with van der Waals surface area (Å²) in [6.07, 6.45) is 4.04. The standard InChI is InChI=1S/C12H22N4O/c1-10(2)11-14-12(17-15-11)13-6-9-16-7-4-3-5-8-16/h10H,3-9H2,1-2H3,(H,13,14,15). The molecule has 1 aromatic heterocycles. The van der Waals surface area contributed by atoms with Crippen LogP contribution in [0.4, 0.5) is 6.01 Å². The highest BCUT2D eigenvalue weighted by Gasteiger charge is 2.11. The number of aromatic nitrogens is 2. The molecule has 0 bridgehead atoms. The van der Waals surface area contributed by atoms with Crippen molar-refractivity contribution < 1.29 is 4.52 Å². The van der Waals surface area contributed by atoms with Crippen molar-refractivity contribution >= 4 is 6.01 Å². The van der Waals surface area contributed by atoms with Crippen molar-refractivity contribution in [2.24, 2.45) is 0 Å². The normalized spacial score (nSPS) is 17.6. The molecule has 5 nitrogen and oxygen atoms in total. The van der Waals surface area contributed by atoms with E-state index in [4.69, 9.17) is 4.52 Å². The lowest BCUT2D eigenvalue weighted by Gasteiger charge is -2.26. The summed E-state index contributed by atoms with van der Waals surface area (Å²) in [6, 6.07) is 0.547. The zero-order chi connectivity index (χ0) is 12.1. The van der Waals surface area contributed by atoms with E-state index in [2.05, 4.69) is 34.2 Å². The second-order valence-corrected chi connectivity index (χ2v) is 4.94. The molecule has 96 valence electrons. The third kappa shape index (κ3) is 3.70. The summed E-state index contributed by atoms with van der Waals surface area (Å²) >= 11 is 0. The molecule has 0 unspecified atom stereocenters. The molecule has 1 N–H and O–H groups in total. The Morgan fingerprint density at radius 2 is 2.06 bits per heavy atom. The fraction of sp³-hybridized carbons (Fsp3) is 0.833. The molecule has 0 spiro atoms. The summed E-state index contributed by atoms with van der Waals surface area (Å²) in [5, 5.41) is 7.10. The van der Waals surface area contributed by atoms with Gasteiger partial charge in [0.15, 0.2) is 5.82 Å². The molecule has 1 aliphatic heterocycles. The number of hydrogen-bond acceptors (Lipinski definition) is 5. The third-order valence-electron chi connectivity index (χ3n) is 3.11. The SMILES string of the molecule is CC(C)c1noc(NCCN2CCCCC2)n1. The van der Waals surface area contributed by atoms with Crippen LogP contribution in [-0.4, -0.2) is 41.2 Å². The molecular formula is C12H22N4O. The smallest absolute Gasteiger partial charge is 0.321 e. The van der Waals surface area contributed by atoms with E-state index >= 15 is 0 Å². The summed E-state index contributed by atoms with van der Waals surface area (Å²) < 4.78 is 5.12. The summed E-state index contributed by atoms with van der Waals surface area (Å²) in [5.74, 6) is 1.09. The average Bonchev–Trinajstić information content (AvgIpc) is 2.79. The van der Waals surface area contributed by atoms with Gasteiger partial charge in [-0.15, -0.1) is 0 Å². The van der Waals surface area contributed by atoms with Crippen LogP contribution in [0.25, 0.3) is 0 Å². The summed E-state index contributed by atoms with van der Waals surface area (Å²) in [7, 11) is 0. The van der Waals surface area contributed by atoms with Gasteiger partial charge >= 0.3 is 6.01 Å². The van der Waals surface area contributed by atoms with Gasteiger partial charge in [0.25, 0.3) is 0 Å². The highest BCUT2D eigenvalue weighted by molar-refractivity contribution is 5.18. The molecule has 1 aliphatic rings. The van der Waals surface area contributed by atoms with Crippen LogP contribution in [0.2, 0.25) is 0 Å². The number of piperidine rings is 1. The second kappa shape index (κ2) is 6.00. The molecule has 2 heterocycles. The van der Waals surface area contributed by atoms with Crippen LogP contribution in [0.1, 0.15) is 44.9 Å². The van der Waals surface area contributed by atoms with Gasteiger partial charge in [-0.25, -0.2) is 0 Å². The Morgan fingerprint density at radius 1 is 1.29 bits per heavy atom. The molecular weight excluding hydrogens is 216 g/mol. The molecule has 0 aliphatic carbocycles. The topological polar surface area (TPSA) is 54.2 Å². The van der Waals surface area contributed by atoms with Crippen molar-refractivity contribution in [3.8, 4) is 0 Å². The van der Waals surface area contributed by atoms with Gasteiger partial charge in [0.05, 0.1) is 0 Å². The van der Waals surface area contributed by atoms with Gasteiger partial charge in [-0.05, 0) is 25.9 Å². The van der Waals surface area contributed by atoms with Crippen molar-refractivity contribution in [2.45, 2.75) is 39.0 Å². The molecule has 1 aromatic rings. The lowest BCUT2D eigenvalue weighted by atomic mass is 10.1. The van der Waals surface area contributed by atoms with Gasteiger partial charge in [0.1, 0.15) is 0 Å². The Balaban J connectivity index is 1.70. The van der Waals surface area contributed by atoms with E-state index in [0.29, 0.717) is 11.9 Å². The molecule has 5 heteroatoms. The Labute approximate surface area is 103 Å². The third-order valence-corrected chi connectivity index (χ3v) is 3.11. The first-order chi connectivity index (χ1) is 8.25. The molecule has 0 amide bonds. The largest absolute Gasteiger partial charge is 0.336 e. The van der Waals surface area contributed by atoms with Gasteiger partial charge in [-0.1, -0.05) is 25.4 Å². The number of anilines is 1. The van der Waals surface area contributed by atoms with Crippen molar-refractivity contribution in [2.75, 3.05) is 31.5 Å². The molecule has 1 fully saturated rings. The summed E-state index contributed by atoms with van der Waals surface area (Å²) in [4.78, 5) is 6.77. The molecule has 17 heavy (non-hydrogen) atoms. The highest BCUT2D eigenvalue weighted by Crippen LogP contribution is 2.12. The Bertz CT molecular complexity index is 331. The van der Waals surface area contributed by atoms with Crippen LogP contribution in [0.15, 0.2) is 4.52 Å². The average molecular weight is 238 g/mol. The number of rotatable bonds is 5. The molecule has 0 saturated carbocycles. The highest BCUT2D eigenvalue weighted by atomic mass is 16.5. The maximum Gasteiger partial charge on any atom is 0.321 e. The summed E-state index contributed by atoms with van der Waals surface area (Å²) in [6.45, 7) is 8.50. The number of nitrogens with zero attached hydrogens (tertiary/aromatic N) is 3. The number of nitrogens with one attached hydrogen (secondary N) is 1. The van der Waals surface area contributed by atoms with Crippen LogP contribution in [0.3, 0.4) is 0 Å². The minimum Gasteiger partial charge on any atom is -0.336 e. The van der Waals surface area contributed by atoms with E-state index in [9.17, 15) is 0 Å². The van der Waals surface area contributed by atoms with Gasteiger partial charge < -0.3 is 14.7 Å². The first-order valence-electron chi connectivity index (χ1n) is 6.55. The molecule has 0 radical (unpaired) electrons. The van der Waals surface area contributed by atoms with Gasteiger partial charge in [-0.2, -0.15) is 4.98 Å². The zero-order valence-corrected chi connectivity index (χ0v) is 10.8. The van der Waals surface area contributed by atoms with Crippen LogP contribution in [-0.2, 0) is 0 Å². The van der Waals surface area contributed by atoms with Crippen molar-refractivity contribution in [3.05, 3.63) is 5.82 Å². The first-order valence-corrected chi connectivity index (χ1v) is 6.55. The van der Waals surface area contributed by atoms with E-state index in [1.807, 2.05) is 0 Å². The predicted octanol–water partition coefficient (Wildman–Crippen LogP) is 2.09. The van der Waals surface area contributed by atoms with E-state index in [1.165, 1.54) is 32.4 Å². The van der Waals surface area contributed by atoms with Crippen molar-refractivity contribution in [1.82, 2.24) is 15.0 Å². The lowest BCUT2D eigenvalue weighted by molar-refractivity contribution is 0.236. The molecule has 1 saturated heterocycles. The van der Waals surface area contributed by atoms with E-state index in [0.717, 1.165) is 18.9 Å². The molecule has 2 rings (SSSR count). The molecule has 0 atom stereocenters. The van der Waals surface area contributed by atoms with Crippen molar-refractivity contribution in [1.29, 1.82) is 0 Å². The lowest BCUT2D eigenvalue weighted by Crippen LogP contribution is -2.33. The van der Waals surface area contributed by atoms with Crippen LogP contribution in [0, 0.1) is 0 Å². The van der Waals surface area contributed by atoms with E-state index in [-0.39, 0.29) is 0 Å². The number of likely N-dealkylation sites (tertiary alicyclic amines) is 1. The maximum atomic E-state index is 5.12. The Morgan fingerprint density at radius 3 is 2.71 bits per heavy atom. The van der Waals surface area contributed by atoms with E-state index in [1.54, 1.807) is 0 Å². The van der Waals surface area contributed by atoms with Crippen molar-refractivity contribution in [3.63, 3.8) is 0 Å². The summed E-state index contributed by atoms with van der Waals surface area (Å²) in [5.41, 5.74) is 0. The Hall–Kier alpha value is -1.10. The zero-order valence-electron chi connectivity index (χ0n) is 10.8. The van der Waals surface area contributed by atoms with Crippen LogP contribution in [0.5, 0.6) is 0 Å². The monoisotopic (exact) mass is 238 g/mol. The predicted molar refractivity (Wildman–Crippen MR) is 67.2 cm³/mol. The minimum absolute atomic E-state index is 0.316. The van der Waals surface area contributed by atoms with Gasteiger partial charge in [0, 0.05) is 19.0 Å².